The topological polar surface area (TPSA) is 101 Å². The fourth-order valence-electron chi connectivity index (χ4n) is 3.30. The van der Waals surface area contributed by atoms with Crippen LogP contribution >= 0.6 is 0 Å². The molecule has 35 heavy (non-hydrogen) atoms. The second-order valence-electron chi connectivity index (χ2n) is 7.46. The molecule has 2 heterocycles. The van der Waals surface area contributed by atoms with Crippen molar-refractivity contribution in [3.8, 4) is 18.6 Å². The van der Waals surface area contributed by atoms with Crippen molar-refractivity contribution in [3.05, 3.63) is 62.6 Å². The van der Waals surface area contributed by atoms with Gasteiger partial charge in [0, 0.05) is 57.2 Å². The van der Waals surface area contributed by atoms with E-state index >= 15 is 0 Å². The lowest BCUT2D eigenvalue weighted by atomic mass is 10.1. The van der Waals surface area contributed by atoms with E-state index in [0.717, 1.165) is 19.1 Å². The molecular weight excluding hydrogens is 460 g/mol. The SMILES string of the molecule is C#C.CCCN1CCn2cc(C(=O)NCc3ccc(F)c(C)c3F)c(=O)c(O)c2C1=O.CCOC. The number of methoxy groups -OCH3 is 1. The molecule has 0 aliphatic carbocycles. The van der Waals surface area contributed by atoms with Gasteiger partial charge in [0.15, 0.2) is 11.4 Å². The van der Waals surface area contributed by atoms with Crippen molar-refractivity contribution in [2.75, 3.05) is 26.8 Å². The van der Waals surface area contributed by atoms with Crippen LogP contribution in [0.15, 0.2) is 23.1 Å². The number of halogens is 2. The zero-order chi connectivity index (χ0) is 26.7. The van der Waals surface area contributed by atoms with Gasteiger partial charge in [0.25, 0.3) is 11.8 Å². The Morgan fingerprint density at radius 2 is 1.83 bits per heavy atom. The van der Waals surface area contributed by atoms with E-state index in [4.69, 9.17) is 0 Å². The molecule has 1 aliphatic rings. The molecule has 2 amide bonds. The Morgan fingerprint density at radius 3 is 2.40 bits per heavy atom. The van der Waals surface area contributed by atoms with Crippen LogP contribution < -0.4 is 10.7 Å². The number of pyridine rings is 1. The number of aromatic hydroxyl groups is 1. The summed E-state index contributed by atoms with van der Waals surface area (Å²) in [5.41, 5.74) is -1.59. The Morgan fingerprint density at radius 1 is 1.20 bits per heavy atom. The van der Waals surface area contributed by atoms with Crippen molar-refractivity contribution in [1.82, 2.24) is 14.8 Å². The van der Waals surface area contributed by atoms with Crippen molar-refractivity contribution in [1.29, 1.82) is 0 Å². The van der Waals surface area contributed by atoms with Crippen LogP contribution in [0.4, 0.5) is 8.78 Å². The highest BCUT2D eigenvalue weighted by molar-refractivity contribution is 5.99. The highest BCUT2D eigenvalue weighted by atomic mass is 19.1. The van der Waals surface area contributed by atoms with Gasteiger partial charge in [-0.05, 0) is 26.3 Å². The van der Waals surface area contributed by atoms with E-state index in [9.17, 15) is 28.3 Å². The lowest BCUT2D eigenvalue weighted by Gasteiger charge is -2.30. The highest BCUT2D eigenvalue weighted by Crippen LogP contribution is 2.21. The minimum atomic E-state index is -0.976. The van der Waals surface area contributed by atoms with Gasteiger partial charge in [-0.25, -0.2) is 8.78 Å². The van der Waals surface area contributed by atoms with Gasteiger partial charge < -0.3 is 24.6 Å². The number of hydrogen-bond acceptors (Lipinski definition) is 5. The summed E-state index contributed by atoms with van der Waals surface area (Å²) < 4.78 is 33.4. The van der Waals surface area contributed by atoms with E-state index in [2.05, 4.69) is 22.9 Å². The van der Waals surface area contributed by atoms with Gasteiger partial charge >= 0.3 is 0 Å². The Hall–Kier alpha value is -3.71. The molecule has 1 aromatic carbocycles. The molecule has 8 nitrogen and oxygen atoms in total. The van der Waals surface area contributed by atoms with Gasteiger partial charge in [-0.1, -0.05) is 13.0 Å². The summed E-state index contributed by atoms with van der Waals surface area (Å²) in [6, 6.07) is 2.29. The predicted molar refractivity (Wildman–Crippen MR) is 128 cm³/mol. The van der Waals surface area contributed by atoms with Gasteiger partial charge in [-0.2, -0.15) is 0 Å². The number of carbonyl (C=O) groups excluding carboxylic acids is 2. The van der Waals surface area contributed by atoms with Crippen LogP contribution in [-0.2, 0) is 17.8 Å². The number of benzene rings is 1. The van der Waals surface area contributed by atoms with Gasteiger partial charge in [0.1, 0.15) is 17.2 Å². The molecule has 0 radical (unpaired) electrons. The fraction of sp³-hybridized carbons (Fsp3) is 0.400. The first-order valence-electron chi connectivity index (χ1n) is 11.0. The summed E-state index contributed by atoms with van der Waals surface area (Å²) in [5.74, 6) is -3.56. The standard InChI is InChI=1S/C20H21F2N3O4.C3H8O.C2H2/c1-3-6-24-7-8-25-10-13(17(26)18(27)16(25)20(24)29)19(28)23-9-12-4-5-14(21)11(2)15(12)22;1-3-4-2;1-2/h4-5,10,27H,3,6-9H2,1-2H3,(H,23,28);3H2,1-2H3;1-2H. The Kier molecular flexibility index (Phi) is 11.6. The maximum atomic E-state index is 14.1. The number of aromatic nitrogens is 1. The van der Waals surface area contributed by atoms with E-state index in [1.807, 2.05) is 13.8 Å². The maximum Gasteiger partial charge on any atom is 0.274 e. The highest BCUT2D eigenvalue weighted by Gasteiger charge is 2.30. The number of ether oxygens (including phenoxy) is 1. The Labute approximate surface area is 203 Å². The van der Waals surface area contributed by atoms with Gasteiger partial charge in [-0.15, -0.1) is 12.8 Å². The minimum Gasteiger partial charge on any atom is -0.503 e. The Balaban J connectivity index is 0.000000926. The molecule has 2 aromatic rings. The number of rotatable bonds is 6. The Bertz CT molecular complexity index is 1130. The zero-order valence-corrected chi connectivity index (χ0v) is 20.4. The lowest BCUT2D eigenvalue weighted by Crippen LogP contribution is -2.43. The summed E-state index contributed by atoms with van der Waals surface area (Å²) in [5, 5.41) is 12.7. The third-order valence-corrected chi connectivity index (χ3v) is 5.22. The van der Waals surface area contributed by atoms with Crippen molar-refractivity contribution in [3.63, 3.8) is 0 Å². The molecule has 0 bridgehead atoms. The van der Waals surface area contributed by atoms with Crippen LogP contribution in [0.25, 0.3) is 0 Å². The molecule has 0 unspecified atom stereocenters. The number of terminal acetylenes is 1. The molecular formula is C25H31F2N3O5. The van der Waals surface area contributed by atoms with Crippen LogP contribution in [0.3, 0.4) is 0 Å². The van der Waals surface area contributed by atoms with Gasteiger partial charge in [0.2, 0.25) is 5.43 Å². The van der Waals surface area contributed by atoms with E-state index in [1.165, 1.54) is 28.7 Å². The molecule has 0 saturated heterocycles. The third kappa shape index (κ3) is 6.90. The van der Waals surface area contributed by atoms with Crippen molar-refractivity contribution in [2.45, 2.75) is 40.3 Å². The van der Waals surface area contributed by atoms with Crippen LogP contribution in [0, 0.1) is 31.4 Å². The fourth-order valence-corrected chi connectivity index (χ4v) is 3.30. The first kappa shape index (κ1) is 29.3. The van der Waals surface area contributed by atoms with Crippen LogP contribution in [0.2, 0.25) is 0 Å². The molecule has 2 N–H and O–H groups in total. The minimum absolute atomic E-state index is 0.0601. The van der Waals surface area contributed by atoms with E-state index in [0.29, 0.717) is 19.6 Å². The van der Waals surface area contributed by atoms with E-state index < -0.39 is 34.6 Å². The molecule has 1 aliphatic heterocycles. The lowest BCUT2D eigenvalue weighted by molar-refractivity contribution is 0.0695. The van der Waals surface area contributed by atoms with E-state index in [1.54, 1.807) is 7.11 Å². The summed E-state index contributed by atoms with van der Waals surface area (Å²) in [6.45, 7) is 6.91. The number of amides is 2. The molecule has 0 saturated carbocycles. The van der Waals surface area contributed by atoms with Crippen LogP contribution in [0.1, 0.15) is 52.2 Å². The van der Waals surface area contributed by atoms with E-state index in [-0.39, 0.29) is 28.9 Å². The normalized spacial score (nSPS) is 12.0. The molecule has 0 spiro atoms. The first-order valence-corrected chi connectivity index (χ1v) is 11.0. The third-order valence-electron chi connectivity index (χ3n) is 5.22. The van der Waals surface area contributed by atoms with Crippen molar-refractivity contribution >= 4 is 11.8 Å². The second-order valence-corrected chi connectivity index (χ2v) is 7.46. The summed E-state index contributed by atoms with van der Waals surface area (Å²) in [6.07, 6.45) is 9.96. The zero-order valence-electron chi connectivity index (χ0n) is 20.4. The monoisotopic (exact) mass is 491 g/mol. The molecule has 0 fully saturated rings. The van der Waals surface area contributed by atoms with Crippen LogP contribution in [0.5, 0.6) is 5.75 Å². The number of nitrogens with one attached hydrogen (secondary N) is 1. The average Bonchev–Trinajstić information content (AvgIpc) is 2.87. The summed E-state index contributed by atoms with van der Waals surface area (Å²) in [4.78, 5) is 38.9. The molecule has 10 heteroatoms. The van der Waals surface area contributed by atoms with Crippen molar-refractivity contribution in [2.24, 2.45) is 0 Å². The number of carbonyl (C=O) groups is 2. The first-order chi connectivity index (χ1) is 16.7. The average molecular weight is 492 g/mol. The number of nitrogens with zero attached hydrogens (tertiary/aromatic N) is 2. The maximum absolute atomic E-state index is 14.1. The van der Waals surface area contributed by atoms with Crippen LogP contribution in [-0.4, -0.2) is 53.2 Å². The van der Waals surface area contributed by atoms with Gasteiger partial charge in [-0.3, -0.25) is 14.4 Å². The largest absolute Gasteiger partial charge is 0.503 e. The molecule has 0 atom stereocenters. The molecule has 3 rings (SSSR count). The van der Waals surface area contributed by atoms with Gasteiger partial charge in [0.05, 0.1) is 0 Å². The summed E-state index contributed by atoms with van der Waals surface area (Å²) >= 11 is 0. The second kappa shape index (κ2) is 13.9. The smallest absolute Gasteiger partial charge is 0.274 e. The number of hydrogen-bond donors (Lipinski definition) is 2. The van der Waals surface area contributed by atoms with Crippen molar-refractivity contribution < 1.29 is 28.2 Å². The molecule has 190 valence electrons. The predicted octanol–water partition coefficient (Wildman–Crippen LogP) is 2.84. The number of fused-ring (bicyclic) bond motifs is 1. The molecule has 1 aromatic heterocycles. The summed E-state index contributed by atoms with van der Waals surface area (Å²) in [7, 11) is 1.68. The quantitative estimate of drug-likeness (QED) is 0.606.